The highest BCUT2D eigenvalue weighted by molar-refractivity contribution is 7.99. The quantitative estimate of drug-likeness (QED) is 0.685. The van der Waals surface area contributed by atoms with Gasteiger partial charge in [0.05, 0.1) is 0 Å². The summed E-state index contributed by atoms with van der Waals surface area (Å²) in [4.78, 5) is 2.54. The Balaban J connectivity index is 2.21. The lowest BCUT2D eigenvalue weighted by Crippen LogP contribution is -2.40. The van der Waals surface area contributed by atoms with Crippen molar-refractivity contribution in [1.82, 2.24) is 4.90 Å². The smallest absolute Gasteiger partial charge is 0.00796 e. The molecule has 1 aliphatic rings. The predicted octanol–water partition coefficient (Wildman–Crippen LogP) is 0.773. The summed E-state index contributed by atoms with van der Waals surface area (Å²) in [7, 11) is 0. The second-order valence-electron chi connectivity index (χ2n) is 3.07. The molecule has 3 heteroatoms. The van der Waals surface area contributed by atoms with Crippen molar-refractivity contribution in [3.8, 4) is 0 Å². The van der Waals surface area contributed by atoms with Crippen molar-refractivity contribution in [3.05, 3.63) is 0 Å². The molecule has 1 aliphatic heterocycles. The van der Waals surface area contributed by atoms with Crippen molar-refractivity contribution < 1.29 is 0 Å². The Kier molecular flexibility index (Phi) is 4.26. The van der Waals surface area contributed by atoms with Crippen LogP contribution in [-0.2, 0) is 0 Å². The van der Waals surface area contributed by atoms with Gasteiger partial charge in [0.1, 0.15) is 0 Å². The first-order chi connectivity index (χ1) is 5.34. The molecule has 1 rings (SSSR count). The molecule has 1 atom stereocenters. The molecule has 0 saturated carbocycles. The highest BCUT2D eigenvalue weighted by Crippen LogP contribution is 2.12. The molecule has 2 N–H and O–H groups in total. The summed E-state index contributed by atoms with van der Waals surface area (Å²) in [6, 6.07) is 0.695. The highest BCUT2D eigenvalue weighted by atomic mass is 32.2. The molecule has 0 aromatic carbocycles. The molecule has 0 aromatic rings. The summed E-state index contributed by atoms with van der Waals surface area (Å²) >= 11 is 2.06. The lowest BCUT2D eigenvalue weighted by atomic mass is 10.2. The van der Waals surface area contributed by atoms with Crippen molar-refractivity contribution in [3.63, 3.8) is 0 Å². The SMILES string of the molecule is CC(CCN)N1CCSCC1. The van der Waals surface area contributed by atoms with E-state index in [2.05, 4.69) is 23.6 Å². The third kappa shape index (κ3) is 3.01. The van der Waals surface area contributed by atoms with E-state index in [1.165, 1.54) is 24.6 Å². The van der Waals surface area contributed by atoms with Crippen LogP contribution in [0.3, 0.4) is 0 Å². The normalized spacial score (nSPS) is 23.5. The van der Waals surface area contributed by atoms with Gasteiger partial charge in [0.2, 0.25) is 0 Å². The average molecular weight is 174 g/mol. The van der Waals surface area contributed by atoms with Crippen LogP contribution in [0.1, 0.15) is 13.3 Å². The minimum atomic E-state index is 0.695. The topological polar surface area (TPSA) is 29.3 Å². The van der Waals surface area contributed by atoms with E-state index in [0.717, 1.165) is 13.0 Å². The van der Waals surface area contributed by atoms with Gasteiger partial charge in [-0.2, -0.15) is 11.8 Å². The minimum absolute atomic E-state index is 0.695. The third-order valence-electron chi connectivity index (χ3n) is 2.25. The Labute approximate surface area is 73.5 Å². The fourth-order valence-corrected chi connectivity index (χ4v) is 2.37. The van der Waals surface area contributed by atoms with E-state index in [4.69, 9.17) is 5.73 Å². The van der Waals surface area contributed by atoms with Gasteiger partial charge < -0.3 is 5.73 Å². The second kappa shape index (κ2) is 5.01. The zero-order chi connectivity index (χ0) is 8.10. The largest absolute Gasteiger partial charge is 0.330 e. The van der Waals surface area contributed by atoms with Gasteiger partial charge in [-0.25, -0.2) is 0 Å². The number of nitrogens with two attached hydrogens (primary N) is 1. The van der Waals surface area contributed by atoms with E-state index < -0.39 is 0 Å². The summed E-state index contributed by atoms with van der Waals surface area (Å²) in [6.45, 7) is 5.62. The van der Waals surface area contributed by atoms with E-state index in [0.29, 0.717) is 6.04 Å². The van der Waals surface area contributed by atoms with Gasteiger partial charge in [0, 0.05) is 30.6 Å². The van der Waals surface area contributed by atoms with Gasteiger partial charge in [-0.05, 0) is 19.9 Å². The summed E-state index contributed by atoms with van der Waals surface area (Å²) in [5, 5.41) is 0. The van der Waals surface area contributed by atoms with E-state index in [1.54, 1.807) is 0 Å². The maximum absolute atomic E-state index is 5.50. The second-order valence-corrected chi connectivity index (χ2v) is 4.30. The van der Waals surface area contributed by atoms with Gasteiger partial charge in [-0.1, -0.05) is 0 Å². The molecule has 2 nitrogen and oxygen atoms in total. The van der Waals surface area contributed by atoms with E-state index >= 15 is 0 Å². The standard InChI is InChI=1S/C8H18N2S/c1-8(2-3-9)10-4-6-11-7-5-10/h8H,2-7,9H2,1H3. The average Bonchev–Trinajstić information content (AvgIpc) is 2.07. The Morgan fingerprint density at radius 3 is 2.64 bits per heavy atom. The molecule has 1 unspecified atom stereocenters. The molecule has 0 radical (unpaired) electrons. The van der Waals surface area contributed by atoms with Crippen molar-refractivity contribution in [2.24, 2.45) is 5.73 Å². The summed E-state index contributed by atoms with van der Waals surface area (Å²) in [5.74, 6) is 2.60. The van der Waals surface area contributed by atoms with Crippen molar-refractivity contribution in [2.75, 3.05) is 31.1 Å². The number of nitrogens with zero attached hydrogens (tertiary/aromatic N) is 1. The van der Waals surface area contributed by atoms with Gasteiger partial charge >= 0.3 is 0 Å². The Hall–Kier alpha value is 0.270. The van der Waals surface area contributed by atoms with Crippen LogP contribution in [0, 0.1) is 0 Å². The molecule has 0 spiro atoms. The molecule has 0 amide bonds. The molecule has 0 aromatic heterocycles. The first-order valence-corrected chi connectivity index (χ1v) is 5.52. The monoisotopic (exact) mass is 174 g/mol. The van der Waals surface area contributed by atoms with Crippen molar-refractivity contribution in [1.29, 1.82) is 0 Å². The fourth-order valence-electron chi connectivity index (χ4n) is 1.44. The van der Waals surface area contributed by atoms with Crippen molar-refractivity contribution >= 4 is 11.8 Å². The number of hydrogen-bond acceptors (Lipinski definition) is 3. The molecular weight excluding hydrogens is 156 g/mol. The Morgan fingerprint density at radius 1 is 1.45 bits per heavy atom. The number of hydrogen-bond donors (Lipinski definition) is 1. The fraction of sp³-hybridized carbons (Fsp3) is 1.00. The summed E-state index contributed by atoms with van der Waals surface area (Å²) in [6.07, 6.45) is 1.14. The Bertz CT molecular complexity index is 102. The van der Waals surface area contributed by atoms with Crippen LogP contribution < -0.4 is 5.73 Å². The minimum Gasteiger partial charge on any atom is -0.330 e. The van der Waals surface area contributed by atoms with Crippen LogP contribution in [0.5, 0.6) is 0 Å². The molecule has 0 aliphatic carbocycles. The first kappa shape index (κ1) is 9.36. The van der Waals surface area contributed by atoms with Gasteiger partial charge in [-0.15, -0.1) is 0 Å². The summed E-state index contributed by atoms with van der Waals surface area (Å²) in [5.41, 5.74) is 5.50. The van der Waals surface area contributed by atoms with Crippen LogP contribution >= 0.6 is 11.8 Å². The zero-order valence-electron chi connectivity index (χ0n) is 7.25. The van der Waals surface area contributed by atoms with E-state index in [9.17, 15) is 0 Å². The first-order valence-electron chi connectivity index (χ1n) is 4.36. The molecular formula is C8H18N2S. The maximum atomic E-state index is 5.50. The number of rotatable bonds is 3. The predicted molar refractivity (Wildman–Crippen MR) is 52.0 cm³/mol. The van der Waals surface area contributed by atoms with Crippen molar-refractivity contribution in [2.45, 2.75) is 19.4 Å². The highest BCUT2D eigenvalue weighted by Gasteiger charge is 2.15. The zero-order valence-corrected chi connectivity index (χ0v) is 8.07. The van der Waals surface area contributed by atoms with Crippen LogP contribution in [0.4, 0.5) is 0 Å². The van der Waals surface area contributed by atoms with E-state index in [-0.39, 0.29) is 0 Å². The molecule has 1 fully saturated rings. The molecule has 1 saturated heterocycles. The van der Waals surface area contributed by atoms with E-state index in [1.807, 2.05) is 0 Å². The molecule has 11 heavy (non-hydrogen) atoms. The van der Waals surface area contributed by atoms with Gasteiger partial charge in [0.25, 0.3) is 0 Å². The summed E-state index contributed by atoms with van der Waals surface area (Å²) < 4.78 is 0. The van der Waals surface area contributed by atoms with Crippen LogP contribution in [0.2, 0.25) is 0 Å². The molecule has 1 heterocycles. The van der Waals surface area contributed by atoms with Crippen LogP contribution in [-0.4, -0.2) is 42.1 Å². The third-order valence-corrected chi connectivity index (χ3v) is 3.20. The number of thioether (sulfide) groups is 1. The lowest BCUT2D eigenvalue weighted by Gasteiger charge is -2.31. The van der Waals surface area contributed by atoms with Gasteiger partial charge in [0.15, 0.2) is 0 Å². The lowest BCUT2D eigenvalue weighted by molar-refractivity contribution is 0.222. The van der Waals surface area contributed by atoms with Gasteiger partial charge in [-0.3, -0.25) is 4.90 Å². The molecule has 66 valence electrons. The van der Waals surface area contributed by atoms with Crippen LogP contribution in [0.25, 0.3) is 0 Å². The Morgan fingerprint density at radius 2 is 2.09 bits per heavy atom. The van der Waals surface area contributed by atoms with Crippen LogP contribution in [0.15, 0.2) is 0 Å². The maximum Gasteiger partial charge on any atom is 0.00796 e. The molecule has 0 bridgehead atoms.